The van der Waals surface area contributed by atoms with Crippen LogP contribution in [0.3, 0.4) is 0 Å². The highest BCUT2D eigenvalue weighted by atomic mass is 14.7. The molecule has 0 radical (unpaired) electrons. The Bertz CT molecular complexity index is 842. The Kier molecular flexibility index (Phi) is 1.36. The first-order valence-electron chi connectivity index (χ1n) is 5.41. The Morgan fingerprint density at radius 1 is 0.750 bits per heavy atom. The Balaban J connectivity index is 2.35. The van der Waals surface area contributed by atoms with Crippen LogP contribution in [0.25, 0.3) is 12.3 Å². The van der Waals surface area contributed by atoms with Crippen molar-refractivity contribution in [1.29, 1.82) is 0 Å². The topological polar surface area (TPSA) is 12.4 Å². The van der Waals surface area contributed by atoms with Crippen molar-refractivity contribution in [2.24, 2.45) is 4.99 Å². The normalized spacial score (nSPS) is 13.8. The maximum absolute atomic E-state index is 4.22. The molecule has 0 unspecified atom stereocenters. The van der Waals surface area contributed by atoms with E-state index in [1.165, 1.54) is 32.0 Å². The van der Waals surface area contributed by atoms with E-state index in [-0.39, 0.29) is 0 Å². The van der Waals surface area contributed by atoms with Crippen LogP contribution in [0.1, 0.15) is 11.1 Å². The van der Waals surface area contributed by atoms with Gasteiger partial charge in [0.1, 0.15) is 0 Å². The Labute approximate surface area is 92.4 Å². The van der Waals surface area contributed by atoms with E-state index in [1.54, 1.807) is 0 Å². The standard InChI is InChI=1S/C15H9N/c1-2-4-12-10(3-1)7-14-13(12)6-5-11-8-16-9-15(11)14/h1-9H. The van der Waals surface area contributed by atoms with E-state index >= 15 is 0 Å². The van der Waals surface area contributed by atoms with Crippen molar-refractivity contribution in [3.05, 3.63) is 68.4 Å². The van der Waals surface area contributed by atoms with E-state index in [2.05, 4.69) is 47.5 Å². The summed E-state index contributed by atoms with van der Waals surface area (Å²) in [6.07, 6.45) is 6.14. The van der Waals surface area contributed by atoms with Gasteiger partial charge in [-0.2, -0.15) is 0 Å². The molecule has 1 heterocycles. The van der Waals surface area contributed by atoms with Gasteiger partial charge in [0.05, 0.1) is 0 Å². The monoisotopic (exact) mass is 203 g/mol. The van der Waals surface area contributed by atoms with E-state index < -0.39 is 0 Å². The van der Waals surface area contributed by atoms with Crippen molar-refractivity contribution in [2.45, 2.75) is 0 Å². The summed E-state index contributed by atoms with van der Waals surface area (Å²) in [6, 6.07) is 12.9. The van der Waals surface area contributed by atoms with Gasteiger partial charge < -0.3 is 0 Å². The van der Waals surface area contributed by atoms with Crippen LogP contribution in [0, 0.1) is 10.4 Å². The first kappa shape index (κ1) is 8.05. The highest BCUT2D eigenvalue weighted by Gasteiger charge is 2.09. The number of aliphatic imine (C=N–C) groups is 1. The lowest BCUT2D eigenvalue weighted by atomic mass is 10.1. The molecule has 16 heavy (non-hydrogen) atoms. The summed E-state index contributed by atoms with van der Waals surface area (Å²) >= 11 is 0. The molecule has 2 aromatic rings. The Morgan fingerprint density at radius 3 is 2.69 bits per heavy atom. The van der Waals surface area contributed by atoms with Crippen molar-refractivity contribution in [3.8, 4) is 0 Å². The predicted octanol–water partition coefficient (Wildman–Crippen LogP) is 1.29. The minimum absolute atomic E-state index is 1.22. The van der Waals surface area contributed by atoms with E-state index in [0.717, 1.165) is 0 Å². The third-order valence-corrected chi connectivity index (χ3v) is 3.29. The zero-order valence-corrected chi connectivity index (χ0v) is 8.64. The lowest BCUT2D eigenvalue weighted by molar-refractivity contribution is 1.46. The van der Waals surface area contributed by atoms with Crippen LogP contribution < -0.4 is 10.4 Å². The van der Waals surface area contributed by atoms with Crippen LogP contribution in [0.5, 0.6) is 0 Å². The molecular formula is C15H9N. The second-order valence-electron chi connectivity index (χ2n) is 4.17. The molecular weight excluding hydrogens is 194 g/mol. The number of rotatable bonds is 0. The summed E-state index contributed by atoms with van der Waals surface area (Å²) in [4.78, 5) is 4.22. The zero-order valence-electron chi connectivity index (χ0n) is 8.64. The Hall–Kier alpha value is -2.15. The van der Waals surface area contributed by atoms with Crippen LogP contribution in [0.15, 0.2) is 41.4 Å². The lowest BCUT2D eigenvalue weighted by Crippen LogP contribution is -2.06. The number of benzene rings is 2. The second-order valence-corrected chi connectivity index (χ2v) is 4.17. The average Bonchev–Trinajstić information content (AvgIpc) is 2.92. The molecule has 4 rings (SSSR count). The number of nitrogens with zero attached hydrogens (tertiary/aromatic N) is 1. The molecule has 0 saturated heterocycles. The van der Waals surface area contributed by atoms with Gasteiger partial charge in [-0.15, -0.1) is 0 Å². The number of fused-ring (bicyclic) bond motifs is 4. The van der Waals surface area contributed by atoms with Crippen molar-refractivity contribution >= 4 is 18.5 Å². The van der Waals surface area contributed by atoms with Gasteiger partial charge >= 0.3 is 0 Å². The summed E-state index contributed by atoms with van der Waals surface area (Å²) in [5, 5.41) is 5.20. The van der Waals surface area contributed by atoms with Crippen molar-refractivity contribution in [2.75, 3.05) is 0 Å². The third kappa shape index (κ3) is 0.878. The van der Waals surface area contributed by atoms with Gasteiger partial charge in [0.15, 0.2) is 0 Å². The van der Waals surface area contributed by atoms with Crippen LogP contribution in [0.2, 0.25) is 0 Å². The lowest BCUT2D eigenvalue weighted by Gasteiger charge is -1.96. The molecule has 0 bridgehead atoms. The van der Waals surface area contributed by atoms with Crippen molar-refractivity contribution in [1.82, 2.24) is 0 Å². The summed E-state index contributed by atoms with van der Waals surface area (Å²) in [6.45, 7) is 0. The maximum Gasteiger partial charge on any atom is 0.0353 e. The van der Waals surface area contributed by atoms with Crippen molar-refractivity contribution < 1.29 is 0 Å². The fourth-order valence-corrected chi connectivity index (χ4v) is 2.52. The highest BCUT2D eigenvalue weighted by molar-refractivity contribution is 5.90. The summed E-state index contributed by atoms with van der Waals surface area (Å²) in [5.41, 5.74) is 2.57. The van der Waals surface area contributed by atoms with Crippen LogP contribution in [-0.4, -0.2) is 6.21 Å². The molecule has 0 spiro atoms. The van der Waals surface area contributed by atoms with E-state index in [0.29, 0.717) is 0 Å². The SMILES string of the molecule is C1=NC=c2ccc3c(c21)C=c1ccccc1=3. The van der Waals surface area contributed by atoms with Gasteiger partial charge in [0.25, 0.3) is 0 Å². The van der Waals surface area contributed by atoms with Gasteiger partial charge in [-0.25, -0.2) is 0 Å². The fraction of sp³-hybridized carbons (Fsp3) is 0. The summed E-state index contributed by atoms with van der Waals surface area (Å²) in [5.74, 6) is 0. The number of hydrogen-bond donors (Lipinski definition) is 0. The van der Waals surface area contributed by atoms with Gasteiger partial charge in [-0.3, -0.25) is 4.99 Å². The van der Waals surface area contributed by atoms with E-state index in [4.69, 9.17) is 0 Å². The third-order valence-electron chi connectivity index (χ3n) is 3.29. The molecule has 1 aliphatic carbocycles. The minimum atomic E-state index is 1.22. The van der Waals surface area contributed by atoms with Crippen LogP contribution in [-0.2, 0) is 0 Å². The summed E-state index contributed by atoms with van der Waals surface area (Å²) in [7, 11) is 0. The molecule has 0 aromatic heterocycles. The molecule has 1 heteroatoms. The van der Waals surface area contributed by atoms with Gasteiger partial charge in [0.2, 0.25) is 0 Å². The first-order chi connectivity index (χ1) is 7.93. The molecule has 0 amide bonds. The van der Waals surface area contributed by atoms with E-state index in [9.17, 15) is 0 Å². The molecule has 0 atom stereocenters. The molecule has 0 fully saturated rings. The fourth-order valence-electron chi connectivity index (χ4n) is 2.52. The molecule has 2 aromatic carbocycles. The first-order valence-corrected chi connectivity index (χ1v) is 5.41. The largest absolute Gasteiger partial charge is 0.263 e. The molecule has 2 aliphatic rings. The maximum atomic E-state index is 4.22. The van der Waals surface area contributed by atoms with Gasteiger partial charge in [-0.05, 0) is 27.3 Å². The number of hydrogen-bond acceptors (Lipinski definition) is 1. The average molecular weight is 203 g/mol. The van der Waals surface area contributed by atoms with Crippen molar-refractivity contribution in [3.63, 3.8) is 0 Å². The summed E-state index contributed by atoms with van der Waals surface area (Å²) < 4.78 is 0. The molecule has 74 valence electrons. The smallest absolute Gasteiger partial charge is 0.0353 e. The minimum Gasteiger partial charge on any atom is -0.263 e. The van der Waals surface area contributed by atoms with E-state index in [1.807, 2.05) is 12.4 Å². The van der Waals surface area contributed by atoms with Crippen LogP contribution in [0.4, 0.5) is 0 Å². The predicted molar refractivity (Wildman–Crippen MR) is 65.4 cm³/mol. The molecule has 0 N–H and O–H groups in total. The quantitative estimate of drug-likeness (QED) is 0.522. The molecule has 1 nitrogen and oxygen atoms in total. The highest BCUT2D eigenvalue weighted by Crippen LogP contribution is 2.13. The molecule has 0 saturated carbocycles. The molecule has 1 aliphatic heterocycles. The van der Waals surface area contributed by atoms with Gasteiger partial charge in [-0.1, -0.05) is 36.4 Å². The van der Waals surface area contributed by atoms with Crippen LogP contribution >= 0.6 is 0 Å². The Morgan fingerprint density at radius 2 is 1.69 bits per heavy atom. The zero-order chi connectivity index (χ0) is 10.5. The second kappa shape index (κ2) is 2.70. The van der Waals surface area contributed by atoms with Gasteiger partial charge in [0, 0.05) is 23.2 Å².